The first kappa shape index (κ1) is 18.8. The third-order valence-electron chi connectivity index (χ3n) is 4.20. The summed E-state index contributed by atoms with van der Waals surface area (Å²) in [5.41, 5.74) is 0.782. The van der Waals surface area contributed by atoms with E-state index in [0.29, 0.717) is 30.6 Å². The molecule has 0 bridgehead atoms. The smallest absolute Gasteiger partial charge is 0.472 e. The van der Waals surface area contributed by atoms with Gasteiger partial charge < -0.3 is 19.4 Å². The number of piperidine rings is 1. The van der Waals surface area contributed by atoms with E-state index in [2.05, 4.69) is 10.1 Å². The fourth-order valence-electron chi connectivity index (χ4n) is 2.93. The Bertz CT molecular complexity index is 788. The van der Waals surface area contributed by atoms with Crippen LogP contribution in [0, 0.1) is 5.92 Å². The van der Waals surface area contributed by atoms with Crippen LogP contribution in [0.2, 0.25) is 0 Å². The van der Waals surface area contributed by atoms with Crippen LogP contribution >= 0.6 is 0 Å². The third kappa shape index (κ3) is 5.02. The van der Waals surface area contributed by atoms with Gasteiger partial charge in [0.25, 0.3) is 5.91 Å². The van der Waals surface area contributed by atoms with E-state index in [0.717, 1.165) is 12.1 Å². The Kier molecular flexibility index (Phi) is 5.38. The van der Waals surface area contributed by atoms with Crippen LogP contribution in [-0.2, 0) is 4.79 Å². The summed E-state index contributed by atoms with van der Waals surface area (Å²) >= 11 is 0. The van der Waals surface area contributed by atoms with E-state index in [9.17, 15) is 22.8 Å². The molecule has 1 aromatic heterocycles. The Hall–Kier alpha value is -2.97. The van der Waals surface area contributed by atoms with Crippen LogP contribution in [0.1, 0.15) is 23.2 Å². The maximum absolute atomic E-state index is 12.5. The van der Waals surface area contributed by atoms with Gasteiger partial charge in [0, 0.05) is 18.8 Å². The number of rotatable bonds is 4. The maximum atomic E-state index is 12.5. The number of benzene rings is 1. The lowest BCUT2D eigenvalue weighted by atomic mass is 9.96. The van der Waals surface area contributed by atoms with Gasteiger partial charge in [-0.25, -0.2) is 0 Å². The average Bonchev–Trinajstić information content (AvgIpc) is 3.16. The fraction of sp³-hybridized carbons (Fsp3) is 0.333. The Morgan fingerprint density at radius 2 is 1.93 bits per heavy atom. The lowest BCUT2D eigenvalue weighted by Gasteiger charge is -2.31. The molecule has 2 aromatic rings. The van der Waals surface area contributed by atoms with Crippen molar-refractivity contribution in [1.82, 2.24) is 4.90 Å². The fourth-order valence-corrected chi connectivity index (χ4v) is 2.93. The molecule has 1 aliphatic heterocycles. The zero-order valence-electron chi connectivity index (χ0n) is 14.2. The van der Waals surface area contributed by atoms with Crippen molar-refractivity contribution in [3.8, 4) is 5.75 Å². The molecule has 0 aliphatic carbocycles. The Labute approximate surface area is 152 Å². The monoisotopic (exact) mass is 382 g/mol. The van der Waals surface area contributed by atoms with E-state index < -0.39 is 12.3 Å². The normalized spacial score (nSPS) is 17.4. The molecule has 1 fully saturated rings. The van der Waals surface area contributed by atoms with Gasteiger partial charge in [0.15, 0.2) is 0 Å². The standard InChI is InChI=1S/C18H17F3N2O4/c19-18(20,21)27-15-5-3-14(4-6-15)22-16(24)12-2-1-8-23(10-12)17(25)13-7-9-26-11-13/h3-7,9,11-12H,1-2,8,10H2,(H,22,24)/t12-/m1/s1. The quantitative estimate of drug-likeness (QED) is 0.876. The van der Waals surface area contributed by atoms with Crippen molar-refractivity contribution in [2.45, 2.75) is 19.2 Å². The van der Waals surface area contributed by atoms with Gasteiger partial charge in [0.2, 0.25) is 5.91 Å². The number of anilines is 1. The van der Waals surface area contributed by atoms with E-state index >= 15 is 0 Å². The predicted octanol–water partition coefficient (Wildman–Crippen LogP) is 3.67. The van der Waals surface area contributed by atoms with Gasteiger partial charge in [-0.3, -0.25) is 9.59 Å². The molecule has 27 heavy (non-hydrogen) atoms. The van der Waals surface area contributed by atoms with Crippen molar-refractivity contribution < 1.29 is 31.9 Å². The van der Waals surface area contributed by atoms with Gasteiger partial charge >= 0.3 is 6.36 Å². The zero-order chi connectivity index (χ0) is 19.4. The summed E-state index contributed by atoms with van der Waals surface area (Å²) in [5.74, 6) is -1.25. The van der Waals surface area contributed by atoms with E-state index in [1.54, 1.807) is 11.0 Å². The van der Waals surface area contributed by atoms with Gasteiger partial charge in [0.1, 0.15) is 12.0 Å². The summed E-state index contributed by atoms with van der Waals surface area (Å²) in [6, 6.07) is 6.47. The van der Waals surface area contributed by atoms with E-state index in [-0.39, 0.29) is 24.1 Å². The molecular formula is C18H17F3N2O4. The van der Waals surface area contributed by atoms with Crippen molar-refractivity contribution in [2.24, 2.45) is 5.92 Å². The molecule has 1 aromatic carbocycles. The topological polar surface area (TPSA) is 71.8 Å². The summed E-state index contributed by atoms with van der Waals surface area (Å²) in [5, 5.41) is 2.66. The zero-order valence-corrected chi connectivity index (χ0v) is 14.2. The summed E-state index contributed by atoms with van der Waals surface area (Å²) in [4.78, 5) is 26.4. The number of hydrogen-bond acceptors (Lipinski definition) is 4. The van der Waals surface area contributed by atoms with E-state index in [1.807, 2.05) is 0 Å². The number of halogens is 3. The summed E-state index contributed by atoms with van der Waals surface area (Å²) < 4.78 is 45.2. The lowest BCUT2D eigenvalue weighted by Crippen LogP contribution is -2.43. The van der Waals surface area contributed by atoms with Gasteiger partial charge in [-0.15, -0.1) is 13.2 Å². The first-order chi connectivity index (χ1) is 12.8. The number of nitrogens with one attached hydrogen (secondary N) is 1. The molecule has 0 spiro atoms. The van der Waals surface area contributed by atoms with Crippen molar-refractivity contribution in [1.29, 1.82) is 0 Å². The number of furan rings is 1. The number of carbonyl (C=O) groups is 2. The number of alkyl halides is 3. The number of carbonyl (C=O) groups excluding carboxylic acids is 2. The minimum atomic E-state index is -4.77. The Morgan fingerprint density at radius 1 is 1.19 bits per heavy atom. The highest BCUT2D eigenvalue weighted by molar-refractivity contribution is 5.96. The van der Waals surface area contributed by atoms with E-state index in [1.165, 1.54) is 24.7 Å². The van der Waals surface area contributed by atoms with Crippen LogP contribution in [-0.4, -0.2) is 36.2 Å². The summed E-state index contributed by atoms with van der Waals surface area (Å²) in [7, 11) is 0. The number of ether oxygens (including phenoxy) is 1. The molecule has 0 radical (unpaired) electrons. The van der Waals surface area contributed by atoms with Crippen LogP contribution in [0.3, 0.4) is 0 Å². The lowest BCUT2D eigenvalue weighted by molar-refractivity contribution is -0.274. The van der Waals surface area contributed by atoms with Crippen LogP contribution in [0.4, 0.5) is 18.9 Å². The number of amides is 2. The SMILES string of the molecule is O=C(Nc1ccc(OC(F)(F)F)cc1)[C@@H]1CCCN(C(=O)c2ccoc2)C1. The predicted molar refractivity (Wildman–Crippen MR) is 89.1 cm³/mol. The van der Waals surface area contributed by atoms with Crippen molar-refractivity contribution >= 4 is 17.5 Å². The van der Waals surface area contributed by atoms with Crippen molar-refractivity contribution in [2.75, 3.05) is 18.4 Å². The molecule has 1 aliphatic rings. The second-order valence-electron chi connectivity index (χ2n) is 6.16. The molecule has 9 heteroatoms. The second-order valence-corrected chi connectivity index (χ2v) is 6.16. The maximum Gasteiger partial charge on any atom is 0.573 e. The summed E-state index contributed by atoms with van der Waals surface area (Å²) in [6.45, 7) is 0.822. The Morgan fingerprint density at radius 3 is 2.56 bits per heavy atom. The van der Waals surface area contributed by atoms with Crippen LogP contribution in [0.15, 0.2) is 47.3 Å². The minimum absolute atomic E-state index is 0.199. The van der Waals surface area contributed by atoms with Gasteiger partial charge in [0.05, 0.1) is 17.7 Å². The third-order valence-corrected chi connectivity index (χ3v) is 4.20. The largest absolute Gasteiger partial charge is 0.573 e. The van der Waals surface area contributed by atoms with Crippen molar-refractivity contribution in [3.05, 3.63) is 48.4 Å². The Balaban J connectivity index is 1.58. The highest BCUT2D eigenvalue weighted by Crippen LogP contribution is 2.25. The number of likely N-dealkylation sites (tertiary alicyclic amines) is 1. The number of hydrogen-bond donors (Lipinski definition) is 1. The first-order valence-electron chi connectivity index (χ1n) is 8.30. The van der Waals surface area contributed by atoms with E-state index in [4.69, 9.17) is 4.42 Å². The van der Waals surface area contributed by atoms with Gasteiger partial charge in [-0.2, -0.15) is 0 Å². The highest BCUT2D eigenvalue weighted by atomic mass is 19.4. The van der Waals surface area contributed by atoms with Gasteiger partial charge in [-0.05, 0) is 43.2 Å². The molecule has 2 amide bonds. The van der Waals surface area contributed by atoms with Crippen molar-refractivity contribution in [3.63, 3.8) is 0 Å². The molecule has 144 valence electrons. The number of nitrogens with zero attached hydrogens (tertiary/aromatic N) is 1. The average molecular weight is 382 g/mol. The second kappa shape index (κ2) is 7.73. The molecule has 6 nitrogen and oxygen atoms in total. The molecule has 2 heterocycles. The molecular weight excluding hydrogens is 365 g/mol. The van der Waals surface area contributed by atoms with Crippen LogP contribution in [0.5, 0.6) is 5.75 Å². The molecule has 0 saturated carbocycles. The van der Waals surface area contributed by atoms with Gasteiger partial charge in [-0.1, -0.05) is 0 Å². The molecule has 0 unspecified atom stereocenters. The molecule has 1 N–H and O–H groups in total. The summed E-state index contributed by atoms with van der Waals surface area (Å²) in [6.07, 6.45) is -0.696. The molecule has 3 rings (SSSR count). The highest BCUT2D eigenvalue weighted by Gasteiger charge is 2.31. The minimum Gasteiger partial charge on any atom is -0.472 e. The first-order valence-corrected chi connectivity index (χ1v) is 8.30. The van der Waals surface area contributed by atoms with Crippen LogP contribution < -0.4 is 10.1 Å². The molecule has 1 saturated heterocycles. The molecule has 1 atom stereocenters. The van der Waals surface area contributed by atoms with Crippen LogP contribution in [0.25, 0.3) is 0 Å².